The molecule has 110 valence electrons. The van der Waals surface area contributed by atoms with Gasteiger partial charge in [0.25, 0.3) is 0 Å². The molecule has 0 aromatic heterocycles. The van der Waals surface area contributed by atoms with Crippen LogP contribution in [0.2, 0.25) is 0 Å². The van der Waals surface area contributed by atoms with Crippen LogP contribution < -0.4 is 5.32 Å². The second-order valence-electron chi connectivity index (χ2n) is 6.42. The SMILES string of the molecule is c1ccc(C(CNC2CC2)OCC2CCCCC2)cc1. The summed E-state index contributed by atoms with van der Waals surface area (Å²) in [5, 5.41) is 3.62. The average Bonchev–Trinajstić information content (AvgIpc) is 3.33. The quantitative estimate of drug-likeness (QED) is 0.808. The van der Waals surface area contributed by atoms with E-state index in [9.17, 15) is 0 Å². The third-order valence-electron chi connectivity index (χ3n) is 4.60. The molecule has 1 aromatic carbocycles. The third kappa shape index (κ3) is 4.32. The van der Waals surface area contributed by atoms with E-state index in [1.807, 2.05) is 0 Å². The van der Waals surface area contributed by atoms with Gasteiger partial charge in [0.15, 0.2) is 0 Å². The molecule has 1 aromatic rings. The summed E-state index contributed by atoms with van der Waals surface area (Å²) < 4.78 is 6.28. The molecule has 0 amide bonds. The first-order valence-corrected chi connectivity index (χ1v) is 8.32. The maximum atomic E-state index is 6.28. The highest BCUT2D eigenvalue weighted by Gasteiger charge is 2.23. The van der Waals surface area contributed by atoms with Crippen molar-refractivity contribution in [2.24, 2.45) is 5.92 Å². The summed E-state index contributed by atoms with van der Waals surface area (Å²) in [5.74, 6) is 0.788. The summed E-state index contributed by atoms with van der Waals surface area (Å²) >= 11 is 0. The highest BCUT2D eigenvalue weighted by Crippen LogP contribution is 2.27. The zero-order valence-corrected chi connectivity index (χ0v) is 12.4. The molecule has 2 saturated carbocycles. The summed E-state index contributed by atoms with van der Waals surface area (Å²) in [5.41, 5.74) is 1.32. The molecule has 2 heteroatoms. The van der Waals surface area contributed by atoms with E-state index < -0.39 is 0 Å². The van der Waals surface area contributed by atoms with Crippen LogP contribution in [0, 0.1) is 5.92 Å². The highest BCUT2D eigenvalue weighted by molar-refractivity contribution is 5.18. The Morgan fingerprint density at radius 2 is 1.75 bits per heavy atom. The van der Waals surface area contributed by atoms with Crippen molar-refractivity contribution >= 4 is 0 Å². The van der Waals surface area contributed by atoms with Crippen LogP contribution in [0.4, 0.5) is 0 Å². The van der Waals surface area contributed by atoms with Crippen molar-refractivity contribution in [3.8, 4) is 0 Å². The third-order valence-corrected chi connectivity index (χ3v) is 4.60. The predicted molar refractivity (Wildman–Crippen MR) is 82.7 cm³/mol. The van der Waals surface area contributed by atoms with Crippen LogP contribution in [-0.4, -0.2) is 19.2 Å². The molecule has 2 aliphatic carbocycles. The smallest absolute Gasteiger partial charge is 0.0949 e. The highest BCUT2D eigenvalue weighted by atomic mass is 16.5. The van der Waals surface area contributed by atoms with Gasteiger partial charge in [-0.2, -0.15) is 0 Å². The van der Waals surface area contributed by atoms with Crippen molar-refractivity contribution < 1.29 is 4.74 Å². The molecule has 20 heavy (non-hydrogen) atoms. The molecule has 0 aliphatic heterocycles. The minimum Gasteiger partial charge on any atom is -0.372 e. The van der Waals surface area contributed by atoms with Crippen LogP contribution in [0.1, 0.15) is 56.6 Å². The topological polar surface area (TPSA) is 21.3 Å². The van der Waals surface area contributed by atoms with E-state index in [2.05, 4.69) is 35.6 Å². The first-order chi connectivity index (χ1) is 9.92. The summed E-state index contributed by atoms with van der Waals surface area (Å²) in [6, 6.07) is 11.4. The second kappa shape index (κ2) is 7.24. The number of hydrogen-bond acceptors (Lipinski definition) is 2. The lowest BCUT2D eigenvalue weighted by atomic mass is 9.90. The van der Waals surface area contributed by atoms with Crippen molar-refractivity contribution in [3.63, 3.8) is 0 Å². The van der Waals surface area contributed by atoms with Gasteiger partial charge in [-0.05, 0) is 37.2 Å². The number of benzene rings is 1. The second-order valence-corrected chi connectivity index (χ2v) is 6.42. The number of ether oxygens (including phenoxy) is 1. The molecule has 0 saturated heterocycles. The summed E-state index contributed by atoms with van der Waals surface area (Å²) in [4.78, 5) is 0. The molecule has 1 unspecified atom stereocenters. The van der Waals surface area contributed by atoms with Crippen LogP contribution in [0.5, 0.6) is 0 Å². The standard InChI is InChI=1S/C18H27NO/c1-3-7-15(8-4-1)14-20-18(13-19-17-11-12-17)16-9-5-2-6-10-16/h2,5-6,9-10,15,17-19H,1,3-4,7-8,11-14H2. The molecule has 2 aliphatic rings. The molecular formula is C18H27NO. The van der Waals surface area contributed by atoms with E-state index in [0.717, 1.165) is 25.1 Å². The van der Waals surface area contributed by atoms with Gasteiger partial charge >= 0.3 is 0 Å². The van der Waals surface area contributed by atoms with E-state index >= 15 is 0 Å². The van der Waals surface area contributed by atoms with Gasteiger partial charge in [-0.3, -0.25) is 0 Å². The van der Waals surface area contributed by atoms with Gasteiger partial charge in [0, 0.05) is 12.6 Å². The fourth-order valence-electron chi connectivity index (χ4n) is 3.11. The Kier molecular flexibility index (Phi) is 5.10. The lowest BCUT2D eigenvalue weighted by Crippen LogP contribution is -2.27. The van der Waals surface area contributed by atoms with Gasteiger partial charge in [0.1, 0.15) is 0 Å². The number of nitrogens with one attached hydrogen (secondary N) is 1. The normalized spacial score (nSPS) is 21.8. The van der Waals surface area contributed by atoms with Crippen molar-refractivity contribution in [1.29, 1.82) is 0 Å². The lowest BCUT2D eigenvalue weighted by Gasteiger charge is -2.25. The van der Waals surface area contributed by atoms with E-state index in [1.165, 1.54) is 50.5 Å². The Bertz CT molecular complexity index is 382. The van der Waals surface area contributed by atoms with Gasteiger partial charge in [0.05, 0.1) is 12.7 Å². The molecule has 0 bridgehead atoms. The first kappa shape index (κ1) is 14.1. The van der Waals surface area contributed by atoms with Gasteiger partial charge < -0.3 is 10.1 Å². The van der Waals surface area contributed by atoms with Gasteiger partial charge in [0.2, 0.25) is 0 Å². The zero-order chi connectivity index (χ0) is 13.6. The average molecular weight is 273 g/mol. The molecule has 0 radical (unpaired) electrons. The molecule has 2 nitrogen and oxygen atoms in total. The summed E-state index contributed by atoms with van der Waals surface area (Å²) in [6.07, 6.45) is 9.82. The van der Waals surface area contributed by atoms with Gasteiger partial charge in [-0.15, -0.1) is 0 Å². The van der Waals surface area contributed by atoms with E-state index in [4.69, 9.17) is 4.74 Å². The van der Waals surface area contributed by atoms with E-state index in [0.29, 0.717) is 0 Å². The molecule has 1 N–H and O–H groups in total. The Morgan fingerprint density at radius 1 is 1.00 bits per heavy atom. The largest absolute Gasteiger partial charge is 0.372 e. The van der Waals surface area contributed by atoms with Crippen LogP contribution in [-0.2, 0) is 4.74 Å². The Morgan fingerprint density at radius 3 is 2.45 bits per heavy atom. The van der Waals surface area contributed by atoms with Crippen molar-refractivity contribution in [2.75, 3.05) is 13.2 Å². The molecular weight excluding hydrogens is 246 g/mol. The van der Waals surface area contributed by atoms with Crippen LogP contribution in [0.25, 0.3) is 0 Å². The first-order valence-electron chi connectivity index (χ1n) is 8.32. The predicted octanol–water partition coefficient (Wildman–Crippen LogP) is 4.08. The Labute approximate surface area is 122 Å². The number of rotatable bonds is 7. The Hall–Kier alpha value is -0.860. The fourth-order valence-corrected chi connectivity index (χ4v) is 3.11. The zero-order valence-electron chi connectivity index (χ0n) is 12.4. The number of hydrogen-bond donors (Lipinski definition) is 1. The maximum absolute atomic E-state index is 6.28. The minimum atomic E-state index is 0.221. The van der Waals surface area contributed by atoms with Crippen LogP contribution in [0.15, 0.2) is 30.3 Å². The van der Waals surface area contributed by atoms with Crippen molar-refractivity contribution in [2.45, 2.75) is 57.1 Å². The summed E-state index contributed by atoms with van der Waals surface area (Å²) in [7, 11) is 0. The van der Waals surface area contributed by atoms with E-state index in [1.54, 1.807) is 0 Å². The van der Waals surface area contributed by atoms with Crippen molar-refractivity contribution in [3.05, 3.63) is 35.9 Å². The monoisotopic (exact) mass is 273 g/mol. The maximum Gasteiger partial charge on any atom is 0.0949 e. The molecule has 0 spiro atoms. The van der Waals surface area contributed by atoms with E-state index in [-0.39, 0.29) is 6.10 Å². The fraction of sp³-hybridized carbons (Fsp3) is 0.667. The molecule has 0 heterocycles. The molecule has 3 rings (SSSR count). The molecule has 1 atom stereocenters. The van der Waals surface area contributed by atoms with Crippen molar-refractivity contribution in [1.82, 2.24) is 5.32 Å². The van der Waals surface area contributed by atoms with Gasteiger partial charge in [-0.1, -0.05) is 49.6 Å². The molecule has 2 fully saturated rings. The summed E-state index contributed by atoms with van der Waals surface area (Å²) in [6.45, 7) is 1.90. The van der Waals surface area contributed by atoms with Crippen LogP contribution >= 0.6 is 0 Å². The van der Waals surface area contributed by atoms with Gasteiger partial charge in [-0.25, -0.2) is 0 Å². The van der Waals surface area contributed by atoms with Crippen LogP contribution in [0.3, 0.4) is 0 Å². The Balaban J connectivity index is 1.53. The minimum absolute atomic E-state index is 0.221. The lowest BCUT2D eigenvalue weighted by molar-refractivity contribution is 0.0197.